The fourth-order valence-corrected chi connectivity index (χ4v) is 0. The molecule has 0 rings (SSSR count). The van der Waals surface area contributed by atoms with Crippen LogP contribution in [0.4, 0.5) is 0 Å². The minimum absolute atomic E-state index is 0. The molecule has 14 nitrogen and oxygen atoms in total. The molecule has 0 aliphatic rings. The van der Waals surface area contributed by atoms with E-state index in [-0.39, 0.29) is 102 Å². The Balaban J connectivity index is -0.00000000615. The van der Waals surface area contributed by atoms with Crippen molar-refractivity contribution in [1.82, 2.24) is 0 Å². The Hall–Kier alpha value is 1.67. The van der Waals surface area contributed by atoms with E-state index < -0.39 is 20.8 Å². The summed E-state index contributed by atoms with van der Waals surface area (Å²) in [5, 5.41) is 0. The monoisotopic (exact) mass is 391 g/mol. The topological polar surface area (TPSA) is 350 Å². The normalized spacial score (nSPS) is 6.44. The molecule has 0 heterocycles. The van der Waals surface area contributed by atoms with E-state index in [1.165, 1.54) is 0 Å². The second-order valence-electron chi connectivity index (χ2n) is 0.816. The van der Waals surface area contributed by atoms with E-state index in [0.29, 0.717) is 0 Å². The second-order valence-corrected chi connectivity index (χ2v) is 2.45. The molecule has 0 amide bonds. The van der Waals surface area contributed by atoms with Gasteiger partial charge in [-0.15, -0.1) is 0 Å². The van der Waals surface area contributed by atoms with Crippen LogP contribution in [0.5, 0.6) is 0 Å². The predicted molar refractivity (Wildman–Crippen MR) is 42.6 cm³/mol. The van der Waals surface area contributed by atoms with Crippen molar-refractivity contribution in [3.05, 3.63) is 0 Å². The summed E-state index contributed by atoms with van der Waals surface area (Å²) in [6, 6.07) is 0. The predicted octanol–water partition coefficient (Wildman–Crippen LogP) is -10.6. The second kappa shape index (κ2) is 31.2. The van der Waals surface area contributed by atoms with Crippen LogP contribution in [0.15, 0.2) is 0 Å². The van der Waals surface area contributed by atoms with E-state index in [2.05, 4.69) is 0 Å². The molecule has 0 fully saturated rings. The van der Waals surface area contributed by atoms with Gasteiger partial charge in [-0.2, -0.15) is 0 Å². The zero-order valence-electron chi connectivity index (χ0n) is 8.49. The molecule has 0 saturated carbocycles. The smallest absolute Gasteiger partial charge is 0.759 e. The molecule has 0 aliphatic heterocycles. The summed E-state index contributed by atoms with van der Waals surface area (Å²) in [4.78, 5) is 0. The first-order chi connectivity index (χ1) is 4.00. The minimum Gasteiger partial charge on any atom is -0.759 e. The van der Waals surface area contributed by atoms with E-state index >= 15 is 0 Å². The molecule has 0 aromatic rings. The Morgan fingerprint density at radius 1 is 0.500 bits per heavy atom. The molecule has 0 spiro atoms. The van der Waals surface area contributed by atoms with Crippen molar-refractivity contribution >= 4 is 20.8 Å². The standard InChI is InChI=1S/Cr.K.2H2O4S.6H2O/c;;2*1-5(2,3)4;;;;;;/h;;2*(H2,1,2,3,4);6*1H2/q+3;+1;;;;;;;;/p-4. The number of hydrogen-bond acceptors (Lipinski definition) is 8. The van der Waals surface area contributed by atoms with Gasteiger partial charge >= 0.3 is 68.7 Å². The average Bonchev–Trinajstić information content (AvgIpc) is 1.12. The van der Waals surface area contributed by atoms with Crippen LogP contribution in [0.2, 0.25) is 0 Å². The van der Waals surface area contributed by atoms with Crippen LogP contribution in [0.25, 0.3) is 0 Å². The summed E-state index contributed by atoms with van der Waals surface area (Å²) in [6.07, 6.45) is 0. The summed E-state index contributed by atoms with van der Waals surface area (Å²) < 4.78 is 68.2. The summed E-state index contributed by atoms with van der Waals surface area (Å²) in [5.74, 6) is 0. The third-order valence-corrected chi connectivity index (χ3v) is 0. The maximum absolute atomic E-state index is 8.52. The molecular formula is H12CrKO14S2. The molecule has 18 heavy (non-hydrogen) atoms. The number of rotatable bonds is 0. The zero-order valence-corrected chi connectivity index (χ0v) is 14.5. The summed E-state index contributed by atoms with van der Waals surface area (Å²) in [7, 11) is -10.3. The average molecular weight is 391 g/mol. The minimum atomic E-state index is -5.17. The first-order valence-electron chi connectivity index (χ1n) is 1.33. The molecule has 0 unspecified atom stereocenters. The van der Waals surface area contributed by atoms with Gasteiger partial charge in [-0.3, -0.25) is 16.8 Å². The molecule has 0 bridgehead atoms. The van der Waals surface area contributed by atoms with Crippen molar-refractivity contribution in [2.24, 2.45) is 0 Å². The van der Waals surface area contributed by atoms with Gasteiger partial charge in [0.2, 0.25) is 0 Å². The zero-order chi connectivity index (χ0) is 9.00. The molecule has 1 radical (unpaired) electrons. The molecule has 115 valence electrons. The van der Waals surface area contributed by atoms with Crippen LogP contribution in [0.1, 0.15) is 0 Å². The van der Waals surface area contributed by atoms with Gasteiger partial charge in [-0.25, -0.2) is 0 Å². The van der Waals surface area contributed by atoms with Crippen molar-refractivity contribution in [3.63, 3.8) is 0 Å². The van der Waals surface area contributed by atoms with Crippen LogP contribution in [0.3, 0.4) is 0 Å². The Bertz CT molecular complexity index is 216. The maximum atomic E-state index is 8.52. The van der Waals surface area contributed by atoms with Crippen molar-refractivity contribution in [2.45, 2.75) is 0 Å². The third-order valence-electron chi connectivity index (χ3n) is 0. The molecule has 12 N–H and O–H groups in total. The van der Waals surface area contributed by atoms with Crippen molar-refractivity contribution in [2.75, 3.05) is 0 Å². The largest absolute Gasteiger partial charge is 3.00 e. The summed E-state index contributed by atoms with van der Waals surface area (Å²) in [5.41, 5.74) is 0. The van der Waals surface area contributed by atoms with Gasteiger partial charge in [0.25, 0.3) is 0 Å². The van der Waals surface area contributed by atoms with Crippen LogP contribution < -0.4 is 51.4 Å². The van der Waals surface area contributed by atoms with Crippen molar-refractivity contribution in [1.29, 1.82) is 0 Å². The van der Waals surface area contributed by atoms with Gasteiger partial charge < -0.3 is 51.1 Å². The van der Waals surface area contributed by atoms with E-state index in [1.54, 1.807) is 0 Å². The molecule has 0 aliphatic carbocycles. The molecule has 0 aromatic carbocycles. The molecular weight excluding hydrogens is 379 g/mol. The summed E-state index contributed by atoms with van der Waals surface area (Å²) >= 11 is 0. The number of hydrogen-bond donors (Lipinski definition) is 0. The molecule has 0 aromatic heterocycles. The first-order valence-corrected chi connectivity index (χ1v) is 4.00. The van der Waals surface area contributed by atoms with Crippen LogP contribution in [0, 0.1) is 0 Å². The van der Waals surface area contributed by atoms with Crippen molar-refractivity contribution < 1.29 is 137 Å². The fourth-order valence-electron chi connectivity index (χ4n) is 0. The Morgan fingerprint density at radius 3 is 0.500 bits per heavy atom. The Kier molecular flexibility index (Phi) is 127. The van der Waals surface area contributed by atoms with Gasteiger partial charge in [0.15, 0.2) is 0 Å². The molecule has 0 atom stereocenters. The van der Waals surface area contributed by atoms with Gasteiger partial charge in [-0.1, -0.05) is 0 Å². The van der Waals surface area contributed by atoms with Crippen LogP contribution >= 0.6 is 0 Å². The third kappa shape index (κ3) is 1760. The Morgan fingerprint density at radius 2 is 0.500 bits per heavy atom. The van der Waals surface area contributed by atoms with Crippen LogP contribution in [-0.4, -0.2) is 67.9 Å². The van der Waals surface area contributed by atoms with E-state index in [4.69, 9.17) is 35.0 Å². The van der Waals surface area contributed by atoms with E-state index in [1.807, 2.05) is 0 Å². The van der Waals surface area contributed by atoms with Gasteiger partial charge in [0.1, 0.15) is 0 Å². The van der Waals surface area contributed by atoms with E-state index in [9.17, 15) is 0 Å². The quantitative estimate of drug-likeness (QED) is 0.216. The molecule has 18 heteroatoms. The fraction of sp³-hybridized carbons (Fsp3) is 0. The van der Waals surface area contributed by atoms with Gasteiger partial charge in [0.05, 0.1) is 0 Å². The molecule has 0 saturated heterocycles. The van der Waals surface area contributed by atoms with Crippen molar-refractivity contribution in [3.8, 4) is 0 Å². The van der Waals surface area contributed by atoms with Crippen LogP contribution in [-0.2, 0) is 38.2 Å². The van der Waals surface area contributed by atoms with Gasteiger partial charge in [0, 0.05) is 20.8 Å². The summed E-state index contributed by atoms with van der Waals surface area (Å²) in [6.45, 7) is 0. The maximum Gasteiger partial charge on any atom is 3.00 e. The van der Waals surface area contributed by atoms with Gasteiger partial charge in [-0.05, 0) is 0 Å². The SMILES string of the molecule is O.O.O.O.O.O.O=S(=O)([O-])[O-].O=S(=O)([O-])[O-].[Cr+3].[K+]. The first kappa shape index (κ1) is 73.3. The van der Waals surface area contributed by atoms with E-state index in [0.717, 1.165) is 0 Å². The Labute approximate surface area is 155 Å².